The molecule has 0 aliphatic heterocycles. The van der Waals surface area contributed by atoms with E-state index in [0.717, 1.165) is 35.2 Å². The van der Waals surface area contributed by atoms with Crippen LogP contribution in [0.1, 0.15) is 28.2 Å². The fourth-order valence-corrected chi connectivity index (χ4v) is 3.27. The van der Waals surface area contributed by atoms with E-state index in [1.165, 1.54) is 0 Å². The van der Waals surface area contributed by atoms with Crippen molar-refractivity contribution >= 4 is 5.91 Å². The lowest BCUT2D eigenvalue weighted by Gasteiger charge is -2.10. The lowest BCUT2D eigenvalue weighted by molar-refractivity contribution is 0.0952. The Morgan fingerprint density at radius 3 is 2.57 bits per heavy atom. The zero-order valence-electron chi connectivity index (χ0n) is 17.0. The normalized spacial score (nSPS) is 10.9. The molecule has 7 heteroatoms. The van der Waals surface area contributed by atoms with Crippen LogP contribution in [0.15, 0.2) is 65.6 Å². The average Bonchev–Trinajstić information content (AvgIpc) is 3.43. The predicted octanol–water partition coefficient (Wildman–Crippen LogP) is 4.04. The fraction of sp³-hybridized carbons (Fsp3) is 0.217. The maximum Gasteiger partial charge on any atom is 0.251 e. The van der Waals surface area contributed by atoms with Gasteiger partial charge >= 0.3 is 0 Å². The molecule has 7 nitrogen and oxygen atoms in total. The van der Waals surface area contributed by atoms with Crippen LogP contribution in [-0.2, 0) is 6.54 Å². The van der Waals surface area contributed by atoms with Crippen molar-refractivity contribution in [3.8, 4) is 22.6 Å². The van der Waals surface area contributed by atoms with Crippen LogP contribution in [0.25, 0.3) is 22.6 Å². The van der Waals surface area contributed by atoms with Gasteiger partial charge in [0.25, 0.3) is 5.91 Å². The van der Waals surface area contributed by atoms with E-state index in [1.54, 1.807) is 19.4 Å². The van der Waals surface area contributed by atoms with Crippen molar-refractivity contribution in [1.29, 1.82) is 0 Å². The summed E-state index contributed by atoms with van der Waals surface area (Å²) in [7, 11) is 0. The topological polar surface area (TPSA) is 85.8 Å². The van der Waals surface area contributed by atoms with Gasteiger partial charge in [-0.3, -0.25) is 4.79 Å². The van der Waals surface area contributed by atoms with Crippen LogP contribution in [0.3, 0.4) is 0 Å². The fourth-order valence-electron chi connectivity index (χ4n) is 3.27. The molecule has 0 aliphatic carbocycles. The van der Waals surface area contributed by atoms with Gasteiger partial charge in [0.05, 0.1) is 6.33 Å². The highest BCUT2D eigenvalue weighted by Crippen LogP contribution is 2.29. The molecular weight excluding hydrogens is 378 g/mol. The molecule has 0 saturated heterocycles. The van der Waals surface area contributed by atoms with Gasteiger partial charge in [-0.05, 0) is 54.3 Å². The maximum atomic E-state index is 12.4. The monoisotopic (exact) mass is 401 g/mol. The molecule has 152 valence electrons. The first-order valence-corrected chi connectivity index (χ1v) is 9.85. The highest BCUT2D eigenvalue weighted by molar-refractivity contribution is 5.94. The molecule has 4 rings (SSSR count). The lowest BCUT2D eigenvalue weighted by atomic mass is 9.97. The number of hydrogen-bond acceptors (Lipinski definition) is 5. The summed E-state index contributed by atoms with van der Waals surface area (Å²) in [5.41, 5.74) is 4.74. The third-order valence-electron chi connectivity index (χ3n) is 4.91. The summed E-state index contributed by atoms with van der Waals surface area (Å²) in [4.78, 5) is 16.4. The maximum absolute atomic E-state index is 12.4. The molecule has 0 atom stereocenters. The van der Waals surface area contributed by atoms with Gasteiger partial charge in [0.2, 0.25) is 11.8 Å². The Labute approximate surface area is 174 Å². The molecule has 2 aromatic heterocycles. The second kappa shape index (κ2) is 8.73. The molecule has 0 spiro atoms. The second-order valence-electron chi connectivity index (χ2n) is 7.14. The van der Waals surface area contributed by atoms with Crippen molar-refractivity contribution < 1.29 is 9.21 Å². The van der Waals surface area contributed by atoms with E-state index >= 15 is 0 Å². The summed E-state index contributed by atoms with van der Waals surface area (Å²) in [6, 6.07) is 13.7. The van der Waals surface area contributed by atoms with E-state index in [4.69, 9.17) is 4.42 Å². The third kappa shape index (κ3) is 4.46. The van der Waals surface area contributed by atoms with E-state index in [0.29, 0.717) is 23.9 Å². The van der Waals surface area contributed by atoms with Crippen molar-refractivity contribution in [1.82, 2.24) is 25.1 Å². The minimum atomic E-state index is -0.0704. The smallest absolute Gasteiger partial charge is 0.251 e. The molecule has 2 aromatic carbocycles. The summed E-state index contributed by atoms with van der Waals surface area (Å²) in [6.45, 7) is 5.27. The molecule has 2 heterocycles. The van der Waals surface area contributed by atoms with Crippen LogP contribution in [0.2, 0.25) is 0 Å². The first-order chi connectivity index (χ1) is 14.6. The zero-order chi connectivity index (χ0) is 20.9. The average molecular weight is 401 g/mol. The Kier molecular flexibility index (Phi) is 5.70. The number of aryl methyl sites for hydroxylation is 3. The lowest BCUT2D eigenvalue weighted by Crippen LogP contribution is -2.25. The molecule has 0 aliphatic rings. The summed E-state index contributed by atoms with van der Waals surface area (Å²) in [6.07, 6.45) is 6.29. The van der Waals surface area contributed by atoms with E-state index in [9.17, 15) is 4.79 Å². The third-order valence-corrected chi connectivity index (χ3v) is 4.91. The molecule has 4 aromatic rings. The summed E-state index contributed by atoms with van der Waals surface area (Å²) >= 11 is 0. The van der Waals surface area contributed by atoms with Gasteiger partial charge in [0.15, 0.2) is 0 Å². The molecular formula is C23H23N5O2. The first kappa shape index (κ1) is 19.6. The van der Waals surface area contributed by atoms with Crippen molar-refractivity contribution in [2.24, 2.45) is 0 Å². The minimum Gasteiger partial charge on any atom is -0.421 e. The number of hydrogen-bond donors (Lipinski definition) is 1. The van der Waals surface area contributed by atoms with Crippen LogP contribution < -0.4 is 5.32 Å². The molecule has 0 bridgehead atoms. The Bertz CT molecular complexity index is 1130. The Balaban J connectivity index is 1.42. The molecule has 1 N–H and O–H groups in total. The quantitative estimate of drug-likeness (QED) is 0.473. The summed E-state index contributed by atoms with van der Waals surface area (Å²) < 4.78 is 7.53. The number of nitrogens with zero attached hydrogens (tertiary/aromatic N) is 4. The number of amides is 1. The number of imidazole rings is 1. The van der Waals surface area contributed by atoms with Gasteiger partial charge in [-0.15, -0.1) is 10.2 Å². The van der Waals surface area contributed by atoms with Crippen molar-refractivity contribution in [3.63, 3.8) is 0 Å². The van der Waals surface area contributed by atoms with Crippen LogP contribution in [0.4, 0.5) is 0 Å². The number of rotatable bonds is 7. The number of carbonyl (C=O) groups is 1. The molecule has 30 heavy (non-hydrogen) atoms. The van der Waals surface area contributed by atoms with Crippen LogP contribution in [0.5, 0.6) is 0 Å². The minimum absolute atomic E-state index is 0.0704. The van der Waals surface area contributed by atoms with Crippen LogP contribution in [-0.4, -0.2) is 32.2 Å². The van der Waals surface area contributed by atoms with Crippen molar-refractivity contribution in [2.75, 3.05) is 6.54 Å². The van der Waals surface area contributed by atoms with Crippen molar-refractivity contribution in [3.05, 3.63) is 78.2 Å². The van der Waals surface area contributed by atoms with Gasteiger partial charge in [0.1, 0.15) is 0 Å². The SMILES string of the molecule is Cc1nnc(-c2ccc(C)c(-c3ccc(C(=O)NCCCn4ccnc4)cc3)c2)o1. The van der Waals surface area contributed by atoms with E-state index < -0.39 is 0 Å². The van der Waals surface area contributed by atoms with E-state index in [-0.39, 0.29) is 5.91 Å². The molecule has 0 fully saturated rings. The summed E-state index contributed by atoms with van der Waals surface area (Å²) in [5, 5.41) is 11.0. The molecule has 0 radical (unpaired) electrons. The molecule has 1 amide bonds. The number of aromatic nitrogens is 4. The van der Waals surface area contributed by atoms with E-state index in [2.05, 4.69) is 27.4 Å². The van der Waals surface area contributed by atoms with Crippen molar-refractivity contribution in [2.45, 2.75) is 26.8 Å². The Morgan fingerprint density at radius 2 is 1.87 bits per heavy atom. The van der Waals surface area contributed by atoms with Crippen LogP contribution in [0, 0.1) is 13.8 Å². The Morgan fingerprint density at radius 1 is 1.07 bits per heavy atom. The van der Waals surface area contributed by atoms with Gasteiger partial charge in [0, 0.05) is 43.5 Å². The van der Waals surface area contributed by atoms with E-state index in [1.807, 2.05) is 53.2 Å². The largest absolute Gasteiger partial charge is 0.421 e. The first-order valence-electron chi connectivity index (χ1n) is 9.85. The molecule has 0 saturated carbocycles. The highest BCUT2D eigenvalue weighted by atomic mass is 16.4. The highest BCUT2D eigenvalue weighted by Gasteiger charge is 2.11. The zero-order valence-corrected chi connectivity index (χ0v) is 17.0. The molecule has 0 unspecified atom stereocenters. The van der Waals surface area contributed by atoms with Gasteiger partial charge < -0.3 is 14.3 Å². The van der Waals surface area contributed by atoms with Gasteiger partial charge in [-0.2, -0.15) is 0 Å². The predicted molar refractivity (Wildman–Crippen MR) is 114 cm³/mol. The number of nitrogens with one attached hydrogen (secondary N) is 1. The Hall–Kier alpha value is -3.74. The number of benzene rings is 2. The summed E-state index contributed by atoms with van der Waals surface area (Å²) in [5.74, 6) is 0.965. The standard InChI is InChI=1S/C23H23N5O2/c1-16-4-5-20(23-27-26-17(2)30-23)14-21(16)18-6-8-19(9-7-18)22(29)25-10-3-12-28-13-11-24-15-28/h4-9,11,13-15H,3,10,12H2,1-2H3,(H,25,29). The van der Waals surface area contributed by atoms with Gasteiger partial charge in [-0.1, -0.05) is 18.2 Å². The number of carbonyl (C=O) groups excluding carboxylic acids is 1. The van der Waals surface area contributed by atoms with Crippen LogP contribution >= 0.6 is 0 Å². The van der Waals surface area contributed by atoms with Gasteiger partial charge in [-0.25, -0.2) is 4.98 Å². The second-order valence-corrected chi connectivity index (χ2v) is 7.14.